The molecule has 1 aromatic carbocycles. The van der Waals surface area contributed by atoms with Gasteiger partial charge in [0.15, 0.2) is 0 Å². The number of nitrogens with one attached hydrogen (secondary N) is 2. The van der Waals surface area contributed by atoms with E-state index in [1.807, 2.05) is 38.3 Å². The van der Waals surface area contributed by atoms with Gasteiger partial charge in [-0.05, 0) is 70.6 Å². The predicted molar refractivity (Wildman–Crippen MR) is 156 cm³/mol. The molecule has 0 aliphatic heterocycles. The molecule has 220 valence electrons. The van der Waals surface area contributed by atoms with E-state index < -0.39 is 35.7 Å². The number of rotatable bonds is 15. The Kier molecular flexibility index (Phi) is 15.0. The summed E-state index contributed by atoms with van der Waals surface area (Å²) in [6.07, 6.45) is 5.20. The molecule has 0 radical (unpaired) electrons. The zero-order valence-corrected chi connectivity index (χ0v) is 25.7. The first-order valence-electron chi connectivity index (χ1n) is 13.5. The highest BCUT2D eigenvalue weighted by atomic mass is 32.2. The molecule has 0 heterocycles. The van der Waals surface area contributed by atoms with Crippen molar-refractivity contribution in [2.45, 2.75) is 91.3 Å². The number of hydrogen-bond acceptors (Lipinski definition) is 7. The lowest BCUT2D eigenvalue weighted by Crippen LogP contribution is -2.53. The SMILES string of the molecule is CCCCCCN(C(=O)C(CCSC)NC(=O)OC(C)(C)C)C(C(=O)NCC(=O)OC)c1cc(C)ccc1C. The first kappa shape index (κ1) is 34.3. The topological polar surface area (TPSA) is 114 Å². The Morgan fingerprint density at radius 1 is 1.08 bits per heavy atom. The zero-order valence-electron chi connectivity index (χ0n) is 24.8. The third kappa shape index (κ3) is 12.3. The van der Waals surface area contributed by atoms with Crippen molar-refractivity contribution in [3.05, 3.63) is 34.9 Å². The molecule has 0 saturated heterocycles. The van der Waals surface area contributed by atoms with E-state index in [0.717, 1.165) is 30.4 Å². The number of unbranched alkanes of at least 4 members (excludes halogenated alkanes) is 3. The second-order valence-corrected chi connectivity index (χ2v) is 11.6. The third-order valence-electron chi connectivity index (χ3n) is 6.06. The highest BCUT2D eigenvalue weighted by Gasteiger charge is 2.36. The minimum absolute atomic E-state index is 0.314. The fourth-order valence-electron chi connectivity index (χ4n) is 4.05. The number of hydrogen-bond donors (Lipinski definition) is 2. The van der Waals surface area contributed by atoms with Crippen LogP contribution in [-0.2, 0) is 23.9 Å². The summed E-state index contributed by atoms with van der Waals surface area (Å²) in [6.45, 7) is 11.2. The van der Waals surface area contributed by atoms with Crippen molar-refractivity contribution in [1.29, 1.82) is 0 Å². The molecular formula is C29H47N3O6S. The summed E-state index contributed by atoms with van der Waals surface area (Å²) < 4.78 is 10.1. The van der Waals surface area contributed by atoms with Crippen molar-refractivity contribution in [1.82, 2.24) is 15.5 Å². The van der Waals surface area contributed by atoms with Crippen molar-refractivity contribution in [3.8, 4) is 0 Å². The molecule has 1 aromatic rings. The number of alkyl carbamates (subject to hydrolysis) is 1. The number of amides is 3. The summed E-state index contributed by atoms with van der Waals surface area (Å²) in [5.41, 5.74) is 1.71. The summed E-state index contributed by atoms with van der Waals surface area (Å²) in [7, 11) is 1.25. The van der Waals surface area contributed by atoms with Crippen LogP contribution in [0.15, 0.2) is 18.2 Å². The van der Waals surface area contributed by atoms with Crippen LogP contribution in [0, 0.1) is 13.8 Å². The molecule has 2 atom stereocenters. The predicted octanol–water partition coefficient (Wildman–Crippen LogP) is 4.69. The van der Waals surface area contributed by atoms with Crippen molar-refractivity contribution >= 4 is 35.6 Å². The van der Waals surface area contributed by atoms with Crippen LogP contribution < -0.4 is 10.6 Å². The number of aryl methyl sites for hydroxylation is 2. The number of carbonyl (C=O) groups excluding carboxylic acids is 4. The van der Waals surface area contributed by atoms with E-state index in [9.17, 15) is 19.2 Å². The maximum atomic E-state index is 14.2. The number of methoxy groups -OCH3 is 1. The van der Waals surface area contributed by atoms with Crippen LogP contribution in [-0.4, -0.2) is 72.6 Å². The number of ether oxygens (including phenoxy) is 2. The molecular weight excluding hydrogens is 518 g/mol. The highest BCUT2D eigenvalue weighted by Crippen LogP contribution is 2.28. The van der Waals surface area contributed by atoms with Crippen molar-refractivity contribution in [2.24, 2.45) is 0 Å². The van der Waals surface area contributed by atoms with Crippen LogP contribution in [0.25, 0.3) is 0 Å². The average Bonchev–Trinajstić information content (AvgIpc) is 2.86. The molecule has 2 unspecified atom stereocenters. The van der Waals surface area contributed by atoms with E-state index in [0.29, 0.717) is 30.7 Å². The smallest absolute Gasteiger partial charge is 0.408 e. The Hall–Kier alpha value is -2.75. The molecule has 0 saturated carbocycles. The van der Waals surface area contributed by atoms with Gasteiger partial charge in [0.1, 0.15) is 24.2 Å². The maximum Gasteiger partial charge on any atom is 0.408 e. The van der Waals surface area contributed by atoms with Gasteiger partial charge in [0.2, 0.25) is 11.8 Å². The van der Waals surface area contributed by atoms with Crippen LogP contribution in [0.3, 0.4) is 0 Å². The Bertz CT molecular complexity index is 963. The maximum absolute atomic E-state index is 14.2. The van der Waals surface area contributed by atoms with Crippen molar-refractivity contribution in [2.75, 3.05) is 32.2 Å². The van der Waals surface area contributed by atoms with E-state index in [-0.39, 0.29) is 12.5 Å². The molecule has 10 heteroatoms. The van der Waals surface area contributed by atoms with Gasteiger partial charge >= 0.3 is 12.1 Å². The van der Waals surface area contributed by atoms with Gasteiger partial charge in [-0.15, -0.1) is 0 Å². The van der Waals surface area contributed by atoms with E-state index in [2.05, 4.69) is 17.6 Å². The van der Waals surface area contributed by atoms with Crippen LogP contribution in [0.4, 0.5) is 4.79 Å². The lowest BCUT2D eigenvalue weighted by Gasteiger charge is -2.35. The van der Waals surface area contributed by atoms with Crippen molar-refractivity contribution < 1.29 is 28.7 Å². The molecule has 2 N–H and O–H groups in total. The summed E-state index contributed by atoms with van der Waals surface area (Å²) >= 11 is 1.56. The van der Waals surface area contributed by atoms with Gasteiger partial charge in [0.25, 0.3) is 0 Å². The van der Waals surface area contributed by atoms with E-state index in [1.54, 1.807) is 37.4 Å². The quantitative estimate of drug-likeness (QED) is 0.234. The van der Waals surface area contributed by atoms with E-state index >= 15 is 0 Å². The van der Waals surface area contributed by atoms with Gasteiger partial charge in [-0.25, -0.2) is 4.79 Å². The Morgan fingerprint density at radius 2 is 1.77 bits per heavy atom. The first-order valence-corrected chi connectivity index (χ1v) is 14.9. The standard InChI is InChI=1S/C29H47N3O6S/c1-9-10-11-12-16-32(27(35)23(15-17-39-8)31-28(36)38-29(4,5)6)25(26(34)30-19-24(33)37-7)22-18-20(2)13-14-21(22)3/h13-14,18,23,25H,9-12,15-17,19H2,1-8H3,(H,30,34)(H,31,36). The largest absolute Gasteiger partial charge is 0.468 e. The van der Waals surface area contributed by atoms with Gasteiger partial charge < -0.3 is 25.0 Å². The second-order valence-electron chi connectivity index (χ2n) is 10.6. The average molecular weight is 566 g/mol. The number of carbonyl (C=O) groups is 4. The van der Waals surface area contributed by atoms with E-state index in [1.165, 1.54) is 7.11 Å². The molecule has 1 rings (SSSR count). The lowest BCUT2D eigenvalue weighted by molar-refractivity contribution is -0.144. The Labute approximate surface area is 238 Å². The van der Waals surface area contributed by atoms with Gasteiger partial charge in [0, 0.05) is 6.54 Å². The Balaban J connectivity index is 3.54. The van der Waals surface area contributed by atoms with Crippen LogP contribution in [0.5, 0.6) is 0 Å². The summed E-state index contributed by atoms with van der Waals surface area (Å²) in [5, 5.41) is 5.40. The molecule has 3 amide bonds. The number of esters is 1. The molecule has 0 aromatic heterocycles. The minimum Gasteiger partial charge on any atom is -0.468 e. The molecule has 0 aliphatic carbocycles. The second kappa shape index (κ2) is 17.0. The van der Waals surface area contributed by atoms with Gasteiger partial charge in [-0.2, -0.15) is 11.8 Å². The molecule has 0 spiro atoms. The van der Waals surface area contributed by atoms with Crippen LogP contribution in [0.1, 0.15) is 82.5 Å². The molecule has 0 aliphatic rings. The van der Waals surface area contributed by atoms with Gasteiger partial charge in [0.05, 0.1) is 7.11 Å². The summed E-state index contributed by atoms with van der Waals surface area (Å²) in [4.78, 5) is 54.0. The van der Waals surface area contributed by atoms with Crippen LogP contribution in [0.2, 0.25) is 0 Å². The molecule has 0 fully saturated rings. The Morgan fingerprint density at radius 3 is 2.36 bits per heavy atom. The summed E-state index contributed by atoms with van der Waals surface area (Å²) in [6, 6.07) is 3.86. The van der Waals surface area contributed by atoms with Gasteiger partial charge in [-0.3, -0.25) is 14.4 Å². The number of benzene rings is 1. The van der Waals surface area contributed by atoms with E-state index in [4.69, 9.17) is 9.47 Å². The normalized spacial score (nSPS) is 12.7. The molecule has 0 bridgehead atoms. The van der Waals surface area contributed by atoms with Crippen molar-refractivity contribution in [3.63, 3.8) is 0 Å². The third-order valence-corrected chi connectivity index (χ3v) is 6.70. The number of nitrogens with zero attached hydrogens (tertiary/aromatic N) is 1. The highest BCUT2D eigenvalue weighted by molar-refractivity contribution is 7.98. The summed E-state index contributed by atoms with van der Waals surface area (Å²) in [5.74, 6) is -0.823. The fraction of sp³-hybridized carbons (Fsp3) is 0.655. The monoisotopic (exact) mass is 565 g/mol. The van der Waals surface area contributed by atoms with Crippen LogP contribution >= 0.6 is 11.8 Å². The molecule has 9 nitrogen and oxygen atoms in total. The minimum atomic E-state index is -0.999. The van der Waals surface area contributed by atoms with Gasteiger partial charge in [-0.1, -0.05) is 49.9 Å². The number of thioether (sulfide) groups is 1. The lowest BCUT2D eigenvalue weighted by atomic mass is 9.95. The fourth-order valence-corrected chi connectivity index (χ4v) is 4.52. The zero-order chi connectivity index (χ0) is 29.6. The molecule has 39 heavy (non-hydrogen) atoms. The first-order chi connectivity index (χ1) is 18.3.